The highest BCUT2D eigenvalue weighted by molar-refractivity contribution is 5.67. The van der Waals surface area contributed by atoms with Crippen LogP contribution in [0.2, 0.25) is 0 Å². The fourth-order valence-electron chi connectivity index (χ4n) is 1.38. The van der Waals surface area contributed by atoms with Gasteiger partial charge in [-0.25, -0.2) is 4.79 Å². The Balaban J connectivity index is 2.07. The number of anilines is 1. The number of carbonyl (C=O) groups is 1. The van der Waals surface area contributed by atoms with Crippen LogP contribution in [0.15, 0.2) is 30.3 Å². The van der Waals surface area contributed by atoms with Gasteiger partial charge < -0.3 is 15.4 Å². The number of para-hydroxylation sites is 1. The fraction of sp³-hybridized carbons (Fsp3) is 0.500. The molecule has 0 atom stereocenters. The molecule has 0 aromatic heterocycles. The standard InChI is InChI=1S/C14H22N2O2/c1-14(2,3)18-13(17)16-11-7-10-15-12-8-5-4-6-9-12/h4-6,8-9,15H,7,10-11H2,1-3H3,(H,16,17). The van der Waals surface area contributed by atoms with Crippen LogP contribution in [0.4, 0.5) is 10.5 Å². The Kier molecular flexibility index (Phi) is 5.49. The molecule has 0 spiro atoms. The third kappa shape index (κ3) is 6.78. The Labute approximate surface area is 109 Å². The number of ether oxygens (including phenoxy) is 1. The van der Waals surface area contributed by atoms with Gasteiger partial charge >= 0.3 is 6.09 Å². The van der Waals surface area contributed by atoms with E-state index in [4.69, 9.17) is 4.74 Å². The number of alkyl carbamates (subject to hydrolysis) is 1. The molecule has 4 heteroatoms. The third-order valence-electron chi connectivity index (χ3n) is 2.12. The van der Waals surface area contributed by atoms with Gasteiger partial charge in [0.05, 0.1) is 0 Å². The topological polar surface area (TPSA) is 50.4 Å². The molecule has 0 fully saturated rings. The van der Waals surface area contributed by atoms with Crippen molar-refractivity contribution >= 4 is 11.8 Å². The maximum atomic E-state index is 11.3. The van der Waals surface area contributed by atoms with Crippen LogP contribution in [0.1, 0.15) is 27.2 Å². The van der Waals surface area contributed by atoms with Crippen molar-refractivity contribution in [1.82, 2.24) is 5.32 Å². The van der Waals surface area contributed by atoms with E-state index in [1.165, 1.54) is 0 Å². The van der Waals surface area contributed by atoms with Gasteiger partial charge in [0, 0.05) is 18.8 Å². The van der Waals surface area contributed by atoms with Crippen LogP contribution in [0.3, 0.4) is 0 Å². The first kappa shape index (κ1) is 14.4. The Bertz CT molecular complexity index is 358. The van der Waals surface area contributed by atoms with Crippen molar-refractivity contribution in [3.8, 4) is 0 Å². The molecule has 0 heterocycles. The first-order valence-electron chi connectivity index (χ1n) is 6.23. The lowest BCUT2D eigenvalue weighted by atomic mass is 10.2. The Morgan fingerprint density at radius 1 is 1.17 bits per heavy atom. The minimum atomic E-state index is -0.438. The number of benzene rings is 1. The van der Waals surface area contributed by atoms with Crippen molar-refractivity contribution in [2.45, 2.75) is 32.8 Å². The van der Waals surface area contributed by atoms with Crippen molar-refractivity contribution in [2.24, 2.45) is 0 Å². The van der Waals surface area contributed by atoms with E-state index in [9.17, 15) is 4.79 Å². The van der Waals surface area contributed by atoms with E-state index in [2.05, 4.69) is 10.6 Å². The molecule has 0 saturated carbocycles. The average molecular weight is 250 g/mol. The summed E-state index contributed by atoms with van der Waals surface area (Å²) in [6.45, 7) is 6.98. The summed E-state index contributed by atoms with van der Waals surface area (Å²) in [7, 11) is 0. The van der Waals surface area contributed by atoms with E-state index >= 15 is 0 Å². The van der Waals surface area contributed by atoms with E-state index < -0.39 is 5.60 Å². The van der Waals surface area contributed by atoms with E-state index in [1.807, 2.05) is 51.1 Å². The lowest BCUT2D eigenvalue weighted by Crippen LogP contribution is -2.33. The lowest BCUT2D eigenvalue weighted by molar-refractivity contribution is 0.0528. The highest BCUT2D eigenvalue weighted by Crippen LogP contribution is 2.06. The first-order valence-corrected chi connectivity index (χ1v) is 6.23. The number of carbonyl (C=O) groups excluding carboxylic acids is 1. The van der Waals surface area contributed by atoms with E-state index in [0.717, 1.165) is 18.7 Å². The highest BCUT2D eigenvalue weighted by Gasteiger charge is 2.15. The average Bonchev–Trinajstić information content (AvgIpc) is 2.27. The first-order chi connectivity index (χ1) is 8.47. The Morgan fingerprint density at radius 3 is 2.44 bits per heavy atom. The Morgan fingerprint density at radius 2 is 1.83 bits per heavy atom. The molecule has 0 aliphatic carbocycles. The zero-order valence-corrected chi connectivity index (χ0v) is 11.3. The molecule has 0 radical (unpaired) electrons. The number of hydrogen-bond acceptors (Lipinski definition) is 3. The van der Waals surface area contributed by atoms with Gasteiger partial charge in [0.15, 0.2) is 0 Å². The number of hydrogen-bond donors (Lipinski definition) is 2. The van der Waals surface area contributed by atoms with Crippen molar-refractivity contribution in [1.29, 1.82) is 0 Å². The molecule has 18 heavy (non-hydrogen) atoms. The molecule has 2 N–H and O–H groups in total. The summed E-state index contributed by atoms with van der Waals surface area (Å²) in [6, 6.07) is 9.99. The molecule has 1 aromatic carbocycles. The summed E-state index contributed by atoms with van der Waals surface area (Å²) in [4.78, 5) is 11.3. The molecule has 4 nitrogen and oxygen atoms in total. The second-order valence-electron chi connectivity index (χ2n) is 5.08. The van der Waals surface area contributed by atoms with Crippen LogP contribution in [0.25, 0.3) is 0 Å². The summed E-state index contributed by atoms with van der Waals surface area (Å²) < 4.78 is 5.13. The molecule has 0 aliphatic heterocycles. The van der Waals surface area contributed by atoms with Crippen LogP contribution in [0.5, 0.6) is 0 Å². The molecule has 100 valence electrons. The van der Waals surface area contributed by atoms with Crippen LogP contribution >= 0.6 is 0 Å². The van der Waals surface area contributed by atoms with Gasteiger partial charge in [0.2, 0.25) is 0 Å². The Hall–Kier alpha value is -1.71. The second-order valence-corrected chi connectivity index (χ2v) is 5.08. The smallest absolute Gasteiger partial charge is 0.407 e. The summed E-state index contributed by atoms with van der Waals surface area (Å²) in [5.74, 6) is 0. The van der Waals surface area contributed by atoms with Gasteiger partial charge in [-0.2, -0.15) is 0 Å². The summed E-state index contributed by atoms with van der Waals surface area (Å²) in [5, 5.41) is 6.00. The van der Waals surface area contributed by atoms with Gasteiger partial charge in [-0.15, -0.1) is 0 Å². The summed E-state index contributed by atoms with van der Waals surface area (Å²) in [6.07, 6.45) is 0.496. The van der Waals surface area contributed by atoms with Crippen molar-refractivity contribution < 1.29 is 9.53 Å². The predicted octanol–water partition coefficient (Wildman–Crippen LogP) is 3.01. The van der Waals surface area contributed by atoms with Crippen LogP contribution in [0, 0.1) is 0 Å². The molecular weight excluding hydrogens is 228 g/mol. The summed E-state index contributed by atoms with van der Waals surface area (Å²) in [5.41, 5.74) is 0.654. The summed E-state index contributed by atoms with van der Waals surface area (Å²) >= 11 is 0. The SMILES string of the molecule is CC(C)(C)OC(=O)NCCCNc1ccccc1. The molecule has 0 unspecified atom stereocenters. The minimum absolute atomic E-state index is 0.359. The number of amides is 1. The highest BCUT2D eigenvalue weighted by atomic mass is 16.6. The third-order valence-corrected chi connectivity index (χ3v) is 2.12. The van der Waals surface area contributed by atoms with Crippen LogP contribution < -0.4 is 10.6 Å². The monoisotopic (exact) mass is 250 g/mol. The van der Waals surface area contributed by atoms with Gasteiger partial charge in [0.25, 0.3) is 0 Å². The number of rotatable bonds is 5. The molecule has 1 amide bonds. The van der Waals surface area contributed by atoms with Crippen LogP contribution in [-0.2, 0) is 4.74 Å². The molecule has 0 bridgehead atoms. The van der Waals surface area contributed by atoms with Gasteiger partial charge in [-0.05, 0) is 39.3 Å². The fourth-order valence-corrected chi connectivity index (χ4v) is 1.38. The van der Waals surface area contributed by atoms with E-state index in [1.54, 1.807) is 0 Å². The van der Waals surface area contributed by atoms with E-state index in [0.29, 0.717) is 6.54 Å². The van der Waals surface area contributed by atoms with E-state index in [-0.39, 0.29) is 6.09 Å². The quantitative estimate of drug-likeness (QED) is 0.790. The molecule has 0 aliphatic rings. The van der Waals surface area contributed by atoms with Crippen molar-refractivity contribution in [2.75, 3.05) is 18.4 Å². The molecule has 1 rings (SSSR count). The molecular formula is C14H22N2O2. The number of nitrogens with one attached hydrogen (secondary N) is 2. The van der Waals surface area contributed by atoms with Gasteiger partial charge in [-0.3, -0.25) is 0 Å². The van der Waals surface area contributed by atoms with Gasteiger partial charge in [0.1, 0.15) is 5.60 Å². The largest absolute Gasteiger partial charge is 0.444 e. The maximum absolute atomic E-state index is 11.3. The normalized spacial score (nSPS) is 10.8. The predicted molar refractivity (Wildman–Crippen MR) is 73.8 cm³/mol. The maximum Gasteiger partial charge on any atom is 0.407 e. The minimum Gasteiger partial charge on any atom is -0.444 e. The van der Waals surface area contributed by atoms with Crippen molar-refractivity contribution in [3.63, 3.8) is 0 Å². The van der Waals surface area contributed by atoms with Crippen LogP contribution in [-0.4, -0.2) is 24.8 Å². The lowest BCUT2D eigenvalue weighted by Gasteiger charge is -2.19. The van der Waals surface area contributed by atoms with Crippen molar-refractivity contribution in [3.05, 3.63) is 30.3 Å². The zero-order valence-electron chi connectivity index (χ0n) is 11.3. The molecule has 1 aromatic rings. The zero-order chi connectivity index (χ0) is 13.4. The van der Waals surface area contributed by atoms with Gasteiger partial charge in [-0.1, -0.05) is 18.2 Å². The second kappa shape index (κ2) is 6.89. The molecule has 0 saturated heterocycles.